The molecule has 25 heavy (non-hydrogen) atoms. The number of nitrogens with two attached hydrogens (primary N) is 1. The summed E-state index contributed by atoms with van der Waals surface area (Å²) in [6.07, 6.45) is 1.93. The Morgan fingerprint density at radius 2 is 2.08 bits per heavy atom. The molecule has 0 bridgehead atoms. The molecule has 3 aromatic rings. The number of hydrogen-bond acceptors (Lipinski definition) is 4. The van der Waals surface area contributed by atoms with Gasteiger partial charge in [-0.05, 0) is 18.2 Å². The van der Waals surface area contributed by atoms with Gasteiger partial charge in [0.05, 0.1) is 5.02 Å². The first kappa shape index (κ1) is 17.5. The zero-order valence-corrected chi connectivity index (χ0v) is 15.1. The molecule has 0 saturated carbocycles. The van der Waals surface area contributed by atoms with Crippen molar-refractivity contribution in [2.45, 2.75) is 13.5 Å². The molecule has 3 N–H and O–H groups in total. The SMILES string of the molecule is CC(=Cc1nsc(Nc2ccc(F)c(Cl)c2)n1)[NH2+]Cc1ccccc1. The van der Waals surface area contributed by atoms with Gasteiger partial charge >= 0.3 is 0 Å². The molecule has 1 heterocycles. The number of anilines is 2. The summed E-state index contributed by atoms with van der Waals surface area (Å²) in [6.45, 7) is 2.89. The highest BCUT2D eigenvalue weighted by Crippen LogP contribution is 2.23. The van der Waals surface area contributed by atoms with Crippen molar-refractivity contribution < 1.29 is 9.71 Å². The number of rotatable bonds is 6. The van der Waals surface area contributed by atoms with E-state index in [9.17, 15) is 4.39 Å². The van der Waals surface area contributed by atoms with Crippen LogP contribution in [0.4, 0.5) is 15.2 Å². The molecule has 0 fully saturated rings. The number of halogens is 2. The number of hydrogen-bond donors (Lipinski definition) is 2. The van der Waals surface area contributed by atoms with Gasteiger partial charge in [0, 0.05) is 35.8 Å². The summed E-state index contributed by atoms with van der Waals surface area (Å²) in [6, 6.07) is 14.7. The molecule has 1 aromatic heterocycles. The summed E-state index contributed by atoms with van der Waals surface area (Å²) >= 11 is 7.02. The number of benzene rings is 2. The van der Waals surface area contributed by atoms with Gasteiger partial charge in [0.2, 0.25) is 5.13 Å². The van der Waals surface area contributed by atoms with Crippen molar-refractivity contribution in [2.24, 2.45) is 0 Å². The summed E-state index contributed by atoms with van der Waals surface area (Å²) in [5.41, 5.74) is 3.03. The second kappa shape index (κ2) is 8.20. The summed E-state index contributed by atoms with van der Waals surface area (Å²) < 4.78 is 17.5. The van der Waals surface area contributed by atoms with Gasteiger partial charge in [0.1, 0.15) is 18.1 Å². The van der Waals surface area contributed by atoms with Gasteiger partial charge in [-0.3, -0.25) is 0 Å². The van der Waals surface area contributed by atoms with E-state index in [0.29, 0.717) is 16.6 Å². The van der Waals surface area contributed by atoms with E-state index in [2.05, 4.69) is 32.1 Å². The van der Waals surface area contributed by atoms with Crippen molar-refractivity contribution in [1.82, 2.24) is 9.36 Å². The fraction of sp³-hybridized carbons (Fsp3) is 0.111. The number of nitrogens with one attached hydrogen (secondary N) is 1. The van der Waals surface area contributed by atoms with E-state index in [1.165, 1.54) is 29.2 Å². The minimum atomic E-state index is -0.447. The number of aromatic nitrogens is 2. The summed E-state index contributed by atoms with van der Waals surface area (Å²) in [5, 5.41) is 5.92. The lowest BCUT2D eigenvalue weighted by Gasteiger charge is -2.02. The van der Waals surface area contributed by atoms with Gasteiger partial charge in [0.15, 0.2) is 5.82 Å². The molecule has 0 radical (unpaired) electrons. The van der Waals surface area contributed by atoms with Gasteiger partial charge in [-0.25, -0.2) is 4.39 Å². The zero-order chi connectivity index (χ0) is 17.6. The third kappa shape index (κ3) is 5.09. The fourth-order valence-corrected chi connectivity index (χ4v) is 2.95. The number of allylic oxidation sites excluding steroid dienone is 1. The largest absolute Gasteiger partial charge is 0.330 e. The molecular formula is C18H17ClFN4S+. The van der Waals surface area contributed by atoms with Crippen molar-refractivity contribution in [1.29, 1.82) is 0 Å². The van der Waals surface area contributed by atoms with E-state index in [1.807, 2.05) is 31.2 Å². The van der Waals surface area contributed by atoms with Crippen molar-refractivity contribution in [3.8, 4) is 0 Å². The number of nitrogens with zero attached hydrogens (tertiary/aromatic N) is 2. The second-order valence-electron chi connectivity index (χ2n) is 5.49. The predicted molar refractivity (Wildman–Crippen MR) is 100 cm³/mol. The minimum Gasteiger partial charge on any atom is -0.330 e. The lowest BCUT2D eigenvalue weighted by Crippen LogP contribution is -2.79. The van der Waals surface area contributed by atoms with Crippen LogP contribution in [0, 0.1) is 5.82 Å². The zero-order valence-electron chi connectivity index (χ0n) is 13.5. The van der Waals surface area contributed by atoms with E-state index in [0.717, 1.165) is 12.2 Å². The Balaban J connectivity index is 1.61. The third-order valence-electron chi connectivity index (χ3n) is 3.47. The van der Waals surface area contributed by atoms with Crippen molar-refractivity contribution >= 4 is 40.0 Å². The molecule has 0 aliphatic heterocycles. The highest BCUT2D eigenvalue weighted by molar-refractivity contribution is 7.09. The molecule has 7 heteroatoms. The van der Waals surface area contributed by atoms with Gasteiger partial charge in [0.25, 0.3) is 0 Å². The van der Waals surface area contributed by atoms with Crippen LogP contribution in [-0.2, 0) is 6.54 Å². The predicted octanol–water partition coefficient (Wildman–Crippen LogP) is 4.20. The Bertz CT molecular complexity index is 880. The molecule has 0 aliphatic rings. The Kier molecular flexibility index (Phi) is 5.75. The van der Waals surface area contributed by atoms with Gasteiger partial charge in [-0.2, -0.15) is 9.36 Å². The highest BCUT2D eigenvalue weighted by Gasteiger charge is 2.06. The highest BCUT2D eigenvalue weighted by atomic mass is 35.5. The van der Waals surface area contributed by atoms with E-state index in [-0.39, 0.29) is 5.02 Å². The normalized spacial score (nSPS) is 11.6. The molecule has 2 aromatic carbocycles. The molecule has 128 valence electrons. The van der Waals surface area contributed by atoms with Crippen LogP contribution in [0.15, 0.2) is 54.2 Å². The Morgan fingerprint density at radius 3 is 2.84 bits per heavy atom. The van der Waals surface area contributed by atoms with E-state index >= 15 is 0 Å². The maximum Gasteiger partial charge on any atom is 0.207 e. The first-order valence-electron chi connectivity index (χ1n) is 7.71. The van der Waals surface area contributed by atoms with Crippen LogP contribution in [0.25, 0.3) is 6.08 Å². The molecular weight excluding hydrogens is 359 g/mol. The van der Waals surface area contributed by atoms with Crippen LogP contribution >= 0.6 is 23.1 Å². The standard InChI is InChI=1S/C18H16ClFN4S/c1-12(21-11-13-5-3-2-4-6-13)9-17-23-18(25-24-17)22-14-7-8-16(20)15(19)10-14/h2-10,21H,11H2,1H3,(H,22,23,24)/p+1. The quantitative estimate of drug-likeness (QED) is 0.679. The molecule has 0 atom stereocenters. The molecule has 0 unspecified atom stereocenters. The van der Waals surface area contributed by atoms with Crippen molar-refractivity contribution in [2.75, 3.05) is 5.32 Å². The molecule has 3 rings (SSSR count). The second-order valence-corrected chi connectivity index (χ2v) is 6.65. The smallest absolute Gasteiger partial charge is 0.207 e. The van der Waals surface area contributed by atoms with E-state index in [4.69, 9.17) is 11.6 Å². The first-order chi connectivity index (χ1) is 12.1. The first-order valence-corrected chi connectivity index (χ1v) is 8.86. The van der Waals surface area contributed by atoms with E-state index < -0.39 is 5.82 Å². The van der Waals surface area contributed by atoms with Gasteiger partial charge in [-0.1, -0.05) is 41.9 Å². The van der Waals surface area contributed by atoms with Crippen molar-refractivity contribution in [3.05, 3.63) is 76.5 Å². The molecule has 0 aliphatic carbocycles. The van der Waals surface area contributed by atoms with Crippen LogP contribution in [0.5, 0.6) is 0 Å². The lowest BCUT2D eigenvalue weighted by molar-refractivity contribution is -0.621. The lowest BCUT2D eigenvalue weighted by atomic mass is 10.2. The van der Waals surface area contributed by atoms with Crippen LogP contribution in [0.3, 0.4) is 0 Å². The van der Waals surface area contributed by atoms with Gasteiger partial charge in [-0.15, -0.1) is 0 Å². The topological polar surface area (TPSA) is 54.4 Å². The summed E-state index contributed by atoms with van der Waals surface area (Å²) in [4.78, 5) is 4.42. The van der Waals surface area contributed by atoms with Gasteiger partial charge < -0.3 is 10.6 Å². The Morgan fingerprint density at radius 1 is 1.28 bits per heavy atom. The Labute approximate surface area is 154 Å². The number of quaternary nitrogens is 1. The van der Waals surface area contributed by atoms with Crippen LogP contribution in [-0.4, -0.2) is 9.36 Å². The Hall–Kier alpha value is -2.28. The maximum atomic E-state index is 13.2. The minimum absolute atomic E-state index is 0.0704. The average molecular weight is 376 g/mol. The summed E-state index contributed by atoms with van der Waals surface area (Å²) in [7, 11) is 0. The van der Waals surface area contributed by atoms with Crippen LogP contribution in [0.1, 0.15) is 18.3 Å². The molecule has 4 nitrogen and oxygen atoms in total. The monoisotopic (exact) mass is 375 g/mol. The van der Waals surface area contributed by atoms with Crippen LogP contribution in [0.2, 0.25) is 5.02 Å². The third-order valence-corrected chi connectivity index (χ3v) is 4.41. The van der Waals surface area contributed by atoms with Crippen molar-refractivity contribution in [3.63, 3.8) is 0 Å². The summed E-state index contributed by atoms with van der Waals surface area (Å²) in [5.74, 6) is 0.195. The van der Waals surface area contributed by atoms with E-state index in [1.54, 1.807) is 6.07 Å². The average Bonchev–Trinajstić information content (AvgIpc) is 3.04. The molecule has 0 amide bonds. The molecule has 0 spiro atoms. The fourth-order valence-electron chi connectivity index (χ4n) is 2.20. The van der Waals surface area contributed by atoms with Crippen LogP contribution < -0.4 is 10.6 Å². The maximum absolute atomic E-state index is 13.2. The molecule has 0 saturated heterocycles.